The first kappa shape index (κ1) is 20.9. The van der Waals surface area contributed by atoms with Crippen LogP contribution in [0.15, 0.2) is 23.8 Å². The zero-order chi connectivity index (χ0) is 18.0. The number of allylic oxidation sites excluding steroid dienone is 4. The number of unbranched alkanes of at least 4 members (excludes halogenated alkanes) is 1. The monoisotopic (exact) mass is 340 g/mol. The summed E-state index contributed by atoms with van der Waals surface area (Å²) in [6.07, 6.45) is 11.4. The van der Waals surface area contributed by atoms with E-state index in [2.05, 4.69) is 32.1 Å². The maximum atomic E-state index is 11.6. The van der Waals surface area contributed by atoms with E-state index >= 15 is 0 Å². The fraction of sp³-hybridized carbons (Fsp3) is 0.737. The van der Waals surface area contributed by atoms with Crippen LogP contribution >= 0.6 is 0 Å². The van der Waals surface area contributed by atoms with E-state index in [4.69, 9.17) is 19.2 Å². The molecule has 5 nitrogen and oxygen atoms in total. The summed E-state index contributed by atoms with van der Waals surface area (Å²) in [4.78, 5) is 22.6. The van der Waals surface area contributed by atoms with Gasteiger partial charge in [0.2, 0.25) is 5.79 Å². The summed E-state index contributed by atoms with van der Waals surface area (Å²) >= 11 is 0. The summed E-state index contributed by atoms with van der Waals surface area (Å²) in [6.45, 7) is 6.03. The van der Waals surface area contributed by atoms with Gasteiger partial charge in [0.05, 0.1) is 13.0 Å². The molecule has 1 aliphatic heterocycles. The molecule has 1 saturated heterocycles. The van der Waals surface area contributed by atoms with Crippen LogP contribution in [-0.4, -0.2) is 32.1 Å². The highest BCUT2D eigenvalue weighted by atomic mass is 17.2. The van der Waals surface area contributed by atoms with E-state index < -0.39 is 5.79 Å². The Bertz CT molecular complexity index is 433. The molecule has 24 heavy (non-hydrogen) atoms. The average molecular weight is 340 g/mol. The quantitative estimate of drug-likeness (QED) is 0.271. The van der Waals surface area contributed by atoms with Crippen molar-refractivity contribution in [3.63, 3.8) is 0 Å². The molecular formula is C19H32O5. The molecule has 1 heterocycles. The highest BCUT2D eigenvalue weighted by molar-refractivity contribution is 5.72. The number of hydrogen-bond acceptors (Lipinski definition) is 5. The van der Waals surface area contributed by atoms with Gasteiger partial charge in [-0.2, -0.15) is 0 Å². The summed E-state index contributed by atoms with van der Waals surface area (Å²) in [7, 11) is 3.02. The predicted molar refractivity (Wildman–Crippen MR) is 93.2 cm³/mol. The standard InChI is InChI=1S/C19H32O5/c1-6-10-15(2)11-8-7-9-13-19(22-5)14-12-17(23-24-19)16(3)18(20)21-4/h8,10-11,16-17H,6-7,9,12-14H2,1-5H3/b11-8+,15-10-/t16-,17+,19-/m1/s1. The lowest BCUT2D eigenvalue weighted by molar-refractivity contribution is -0.469. The van der Waals surface area contributed by atoms with Gasteiger partial charge in [0, 0.05) is 20.0 Å². The van der Waals surface area contributed by atoms with Crippen LogP contribution in [0.3, 0.4) is 0 Å². The maximum Gasteiger partial charge on any atom is 0.311 e. The molecule has 1 fully saturated rings. The van der Waals surface area contributed by atoms with Gasteiger partial charge in [-0.15, -0.1) is 0 Å². The molecule has 1 rings (SSSR count). The Morgan fingerprint density at radius 3 is 2.71 bits per heavy atom. The van der Waals surface area contributed by atoms with Gasteiger partial charge in [-0.25, -0.2) is 9.78 Å². The highest BCUT2D eigenvalue weighted by Gasteiger charge is 2.41. The van der Waals surface area contributed by atoms with Crippen molar-refractivity contribution in [3.8, 4) is 0 Å². The van der Waals surface area contributed by atoms with Crippen molar-refractivity contribution in [2.45, 2.75) is 71.2 Å². The van der Waals surface area contributed by atoms with Gasteiger partial charge in [0.15, 0.2) is 0 Å². The van der Waals surface area contributed by atoms with Crippen molar-refractivity contribution in [2.75, 3.05) is 14.2 Å². The van der Waals surface area contributed by atoms with E-state index in [-0.39, 0.29) is 18.0 Å². The first-order valence-electron chi connectivity index (χ1n) is 8.78. The van der Waals surface area contributed by atoms with Crippen molar-refractivity contribution in [2.24, 2.45) is 5.92 Å². The molecular weight excluding hydrogens is 308 g/mol. The zero-order valence-electron chi connectivity index (χ0n) is 15.7. The molecule has 0 aromatic carbocycles. The summed E-state index contributed by atoms with van der Waals surface area (Å²) in [5.74, 6) is -1.34. The summed E-state index contributed by atoms with van der Waals surface area (Å²) in [5, 5.41) is 0. The largest absolute Gasteiger partial charge is 0.469 e. The fourth-order valence-electron chi connectivity index (χ4n) is 2.83. The van der Waals surface area contributed by atoms with E-state index in [0.29, 0.717) is 12.8 Å². The lowest BCUT2D eigenvalue weighted by Gasteiger charge is -2.38. The van der Waals surface area contributed by atoms with E-state index in [0.717, 1.165) is 25.7 Å². The van der Waals surface area contributed by atoms with Gasteiger partial charge < -0.3 is 9.47 Å². The van der Waals surface area contributed by atoms with Crippen LogP contribution in [0.25, 0.3) is 0 Å². The van der Waals surface area contributed by atoms with Gasteiger partial charge in [0.25, 0.3) is 0 Å². The van der Waals surface area contributed by atoms with Crippen LogP contribution in [0.5, 0.6) is 0 Å². The minimum atomic E-state index is -0.714. The fourth-order valence-corrected chi connectivity index (χ4v) is 2.83. The average Bonchev–Trinajstić information content (AvgIpc) is 2.61. The summed E-state index contributed by atoms with van der Waals surface area (Å²) in [5.41, 5.74) is 1.29. The Hall–Kier alpha value is -1.17. The van der Waals surface area contributed by atoms with Gasteiger partial charge >= 0.3 is 5.97 Å². The molecule has 0 aliphatic carbocycles. The number of esters is 1. The van der Waals surface area contributed by atoms with Gasteiger partial charge in [-0.3, -0.25) is 4.79 Å². The van der Waals surface area contributed by atoms with Crippen LogP contribution in [0, 0.1) is 5.92 Å². The second-order valence-corrected chi connectivity index (χ2v) is 6.33. The molecule has 0 aromatic rings. The topological polar surface area (TPSA) is 54.0 Å². The Kier molecular flexibility index (Phi) is 9.26. The lowest BCUT2D eigenvalue weighted by atomic mass is 9.94. The van der Waals surface area contributed by atoms with Crippen molar-refractivity contribution in [1.82, 2.24) is 0 Å². The van der Waals surface area contributed by atoms with Crippen molar-refractivity contribution in [1.29, 1.82) is 0 Å². The summed E-state index contributed by atoms with van der Waals surface area (Å²) in [6, 6.07) is 0. The highest BCUT2D eigenvalue weighted by Crippen LogP contribution is 2.34. The van der Waals surface area contributed by atoms with Crippen LogP contribution in [0.1, 0.15) is 59.3 Å². The molecule has 0 bridgehead atoms. The van der Waals surface area contributed by atoms with Crippen LogP contribution in [-0.2, 0) is 24.0 Å². The summed E-state index contributed by atoms with van der Waals surface area (Å²) < 4.78 is 10.3. The Labute approximate surface area is 145 Å². The molecule has 0 saturated carbocycles. The maximum absolute atomic E-state index is 11.6. The normalized spacial score (nSPS) is 26.5. The molecule has 0 N–H and O–H groups in total. The number of carbonyl (C=O) groups is 1. The molecule has 5 heteroatoms. The molecule has 0 radical (unpaired) electrons. The molecule has 1 aliphatic rings. The third kappa shape index (κ3) is 6.38. The van der Waals surface area contributed by atoms with Crippen LogP contribution < -0.4 is 0 Å². The number of rotatable bonds is 9. The first-order valence-corrected chi connectivity index (χ1v) is 8.78. The Balaban J connectivity index is 2.41. The Morgan fingerprint density at radius 2 is 2.17 bits per heavy atom. The van der Waals surface area contributed by atoms with E-state index in [1.807, 2.05) is 0 Å². The van der Waals surface area contributed by atoms with Gasteiger partial charge in [0.1, 0.15) is 6.10 Å². The Morgan fingerprint density at radius 1 is 1.42 bits per heavy atom. The molecule has 0 unspecified atom stereocenters. The predicted octanol–water partition coefficient (Wildman–Crippen LogP) is 4.33. The molecule has 0 aromatic heterocycles. The molecule has 0 spiro atoms. The molecule has 0 amide bonds. The first-order chi connectivity index (χ1) is 11.5. The number of carbonyl (C=O) groups excluding carboxylic acids is 1. The third-order valence-electron chi connectivity index (χ3n) is 4.47. The number of hydrogen-bond donors (Lipinski definition) is 0. The third-order valence-corrected chi connectivity index (χ3v) is 4.47. The second kappa shape index (κ2) is 10.6. The van der Waals surface area contributed by atoms with Crippen molar-refractivity contribution >= 4 is 5.97 Å². The van der Waals surface area contributed by atoms with E-state index in [1.165, 1.54) is 12.7 Å². The SMILES string of the molecule is CC/C=C(C)\C=C\CCC[C@]1(OC)CC[C@@H]([C@@H](C)C(=O)OC)OO1. The number of methoxy groups -OCH3 is 2. The minimum Gasteiger partial charge on any atom is -0.469 e. The smallest absolute Gasteiger partial charge is 0.311 e. The zero-order valence-corrected chi connectivity index (χ0v) is 15.7. The minimum absolute atomic E-state index is 0.283. The van der Waals surface area contributed by atoms with Crippen LogP contribution in [0.2, 0.25) is 0 Å². The van der Waals surface area contributed by atoms with Gasteiger partial charge in [-0.1, -0.05) is 30.7 Å². The molecule has 138 valence electrons. The second-order valence-electron chi connectivity index (χ2n) is 6.33. The van der Waals surface area contributed by atoms with Crippen molar-refractivity contribution < 1.29 is 24.0 Å². The van der Waals surface area contributed by atoms with E-state index in [9.17, 15) is 4.79 Å². The lowest BCUT2D eigenvalue weighted by Crippen LogP contribution is -2.44. The van der Waals surface area contributed by atoms with Crippen LogP contribution in [0.4, 0.5) is 0 Å². The van der Waals surface area contributed by atoms with Crippen molar-refractivity contribution in [3.05, 3.63) is 23.8 Å². The number of ether oxygens (including phenoxy) is 2. The van der Waals surface area contributed by atoms with Gasteiger partial charge in [-0.05, 0) is 39.5 Å². The van der Waals surface area contributed by atoms with E-state index in [1.54, 1.807) is 14.0 Å². The molecule has 3 atom stereocenters.